The maximum absolute atomic E-state index is 12.8. The van der Waals surface area contributed by atoms with Gasteiger partial charge in [0.25, 0.3) is 5.91 Å². The quantitative estimate of drug-likeness (QED) is 0.725. The van der Waals surface area contributed by atoms with Crippen LogP contribution in [-0.2, 0) is 9.59 Å². The van der Waals surface area contributed by atoms with Gasteiger partial charge in [-0.3, -0.25) is 14.4 Å². The molecule has 3 rings (SSSR count). The van der Waals surface area contributed by atoms with Crippen LogP contribution in [0, 0.1) is 5.92 Å². The Morgan fingerprint density at radius 3 is 2.67 bits per heavy atom. The second-order valence-electron chi connectivity index (χ2n) is 7.54. The summed E-state index contributed by atoms with van der Waals surface area (Å²) in [5.74, 6) is -0.800. The van der Waals surface area contributed by atoms with Crippen molar-refractivity contribution in [3.63, 3.8) is 0 Å². The van der Waals surface area contributed by atoms with Gasteiger partial charge < -0.3 is 15.5 Å². The number of amides is 3. The topological polar surface area (TPSA) is 78.5 Å². The van der Waals surface area contributed by atoms with Gasteiger partial charge in [0, 0.05) is 31.4 Å². The molecule has 1 aliphatic rings. The van der Waals surface area contributed by atoms with E-state index in [1.807, 2.05) is 24.3 Å². The number of rotatable bonds is 6. The Morgan fingerprint density at radius 1 is 1.23 bits per heavy atom. The van der Waals surface area contributed by atoms with E-state index in [1.54, 1.807) is 17.0 Å². The lowest BCUT2D eigenvalue weighted by Crippen LogP contribution is -2.29. The van der Waals surface area contributed by atoms with Crippen molar-refractivity contribution < 1.29 is 14.4 Å². The Balaban J connectivity index is 1.76. The van der Waals surface area contributed by atoms with Crippen LogP contribution in [-0.4, -0.2) is 31.3 Å². The molecule has 2 aromatic carbocycles. The zero-order valence-electron chi connectivity index (χ0n) is 17.4. The molecule has 1 heterocycles. The lowest BCUT2D eigenvalue weighted by atomic mass is 9.96. The number of nitrogens with zero attached hydrogens (tertiary/aromatic N) is 1. The van der Waals surface area contributed by atoms with Gasteiger partial charge >= 0.3 is 0 Å². The van der Waals surface area contributed by atoms with E-state index in [0.717, 1.165) is 17.7 Å². The molecule has 2 N–H and O–H groups in total. The van der Waals surface area contributed by atoms with Gasteiger partial charge in [-0.1, -0.05) is 43.6 Å². The molecule has 2 unspecified atom stereocenters. The van der Waals surface area contributed by atoms with Crippen LogP contribution in [0.15, 0.2) is 42.5 Å². The van der Waals surface area contributed by atoms with E-state index >= 15 is 0 Å². The fraction of sp³-hybridized carbons (Fsp3) is 0.348. The van der Waals surface area contributed by atoms with Crippen LogP contribution in [0.2, 0.25) is 5.02 Å². The minimum absolute atomic E-state index is 0.0620. The maximum Gasteiger partial charge on any atom is 0.252 e. The lowest BCUT2D eigenvalue weighted by molar-refractivity contribution is -0.122. The number of hydrogen-bond donors (Lipinski definition) is 2. The minimum atomic E-state index is -0.471. The van der Waals surface area contributed by atoms with Crippen molar-refractivity contribution in [3.05, 3.63) is 58.6 Å². The molecule has 0 saturated carbocycles. The summed E-state index contributed by atoms with van der Waals surface area (Å²) in [6, 6.07) is 12.6. The van der Waals surface area contributed by atoms with Crippen LogP contribution in [0.3, 0.4) is 0 Å². The molecule has 6 nitrogen and oxygen atoms in total. The van der Waals surface area contributed by atoms with Crippen LogP contribution in [0.25, 0.3) is 0 Å². The Morgan fingerprint density at radius 2 is 1.97 bits per heavy atom. The second kappa shape index (κ2) is 9.30. The Bertz CT molecular complexity index is 976. The fourth-order valence-electron chi connectivity index (χ4n) is 3.64. The van der Waals surface area contributed by atoms with Crippen molar-refractivity contribution in [1.82, 2.24) is 5.32 Å². The van der Waals surface area contributed by atoms with E-state index in [9.17, 15) is 14.4 Å². The zero-order valence-corrected chi connectivity index (χ0v) is 18.1. The summed E-state index contributed by atoms with van der Waals surface area (Å²) >= 11 is 6.07. The van der Waals surface area contributed by atoms with Crippen molar-refractivity contribution in [2.45, 2.75) is 32.6 Å². The number of anilines is 2. The summed E-state index contributed by atoms with van der Waals surface area (Å²) in [6.07, 6.45) is 1.11. The molecule has 0 bridgehead atoms. The van der Waals surface area contributed by atoms with Gasteiger partial charge in [-0.25, -0.2) is 0 Å². The summed E-state index contributed by atoms with van der Waals surface area (Å²) < 4.78 is 0. The number of para-hydroxylation sites is 1. The van der Waals surface area contributed by atoms with E-state index in [0.29, 0.717) is 23.2 Å². The molecular weight excluding hydrogens is 402 g/mol. The predicted octanol–water partition coefficient (Wildman–Crippen LogP) is 4.20. The lowest BCUT2D eigenvalue weighted by Gasteiger charge is -2.23. The van der Waals surface area contributed by atoms with Crippen molar-refractivity contribution in [1.29, 1.82) is 0 Å². The number of nitrogens with one attached hydrogen (secondary N) is 2. The third-order valence-corrected chi connectivity index (χ3v) is 5.90. The highest BCUT2D eigenvalue weighted by molar-refractivity contribution is 6.34. The Kier molecular flexibility index (Phi) is 6.77. The fourth-order valence-corrected chi connectivity index (χ4v) is 3.85. The zero-order chi connectivity index (χ0) is 21.8. The molecule has 1 aliphatic heterocycles. The maximum atomic E-state index is 12.8. The first-order valence-electron chi connectivity index (χ1n) is 10.1. The molecular formula is C23H26ClN3O3. The number of carbonyl (C=O) groups excluding carboxylic acids is 3. The monoisotopic (exact) mass is 427 g/mol. The molecule has 30 heavy (non-hydrogen) atoms. The summed E-state index contributed by atoms with van der Waals surface area (Å²) in [7, 11) is 1.51. The van der Waals surface area contributed by atoms with Crippen LogP contribution >= 0.6 is 11.6 Å². The molecule has 158 valence electrons. The predicted molar refractivity (Wildman–Crippen MR) is 119 cm³/mol. The van der Waals surface area contributed by atoms with E-state index < -0.39 is 5.92 Å². The number of halogens is 1. The van der Waals surface area contributed by atoms with Gasteiger partial charge in [0.15, 0.2) is 0 Å². The molecule has 7 heteroatoms. The standard InChI is InChI=1S/C23H26ClN3O3/c1-4-14(2)17-7-5-6-8-20(17)27-13-15(11-21(27)28)22(29)26-16-9-10-19(24)18(12-16)23(30)25-3/h5-10,12,14-15H,4,11,13H2,1-3H3,(H,25,30)(H,26,29). The van der Waals surface area contributed by atoms with E-state index in [1.165, 1.54) is 13.1 Å². The molecule has 1 fully saturated rings. The van der Waals surface area contributed by atoms with Gasteiger partial charge in [0.2, 0.25) is 11.8 Å². The van der Waals surface area contributed by atoms with Crippen molar-refractivity contribution in [2.75, 3.05) is 23.8 Å². The minimum Gasteiger partial charge on any atom is -0.355 e. The molecule has 3 amide bonds. The second-order valence-corrected chi connectivity index (χ2v) is 7.94. The van der Waals surface area contributed by atoms with Crippen molar-refractivity contribution >= 4 is 40.7 Å². The number of carbonyl (C=O) groups is 3. The average molecular weight is 428 g/mol. The third-order valence-electron chi connectivity index (χ3n) is 5.57. The number of benzene rings is 2. The molecule has 0 spiro atoms. The first-order valence-corrected chi connectivity index (χ1v) is 10.4. The molecule has 2 aromatic rings. The first-order chi connectivity index (χ1) is 14.3. The van der Waals surface area contributed by atoms with Crippen molar-refractivity contribution in [2.24, 2.45) is 5.92 Å². The molecule has 1 saturated heterocycles. The summed E-state index contributed by atoms with van der Waals surface area (Å²) in [5.41, 5.74) is 2.74. The van der Waals surface area contributed by atoms with Crippen LogP contribution in [0.5, 0.6) is 0 Å². The van der Waals surface area contributed by atoms with Crippen LogP contribution < -0.4 is 15.5 Å². The first kappa shape index (κ1) is 21.8. The summed E-state index contributed by atoms with van der Waals surface area (Å²) in [4.78, 5) is 39.2. The molecule has 0 radical (unpaired) electrons. The van der Waals surface area contributed by atoms with Gasteiger partial charge in [0.1, 0.15) is 0 Å². The van der Waals surface area contributed by atoms with E-state index in [2.05, 4.69) is 24.5 Å². The Labute approximate surface area is 181 Å². The smallest absolute Gasteiger partial charge is 0.252 e. The molecule has 2 atom stereocenters. The highest BCUT2D eigenvalue weighted by Crippen LogP contribution is 2.34. The van der Waals surface area contributed by atoms with Crippen LogP contribution in [0.4, 0.5) is 11.4 Å². The van der Waals surface area contributed by atoms with Gasteiger partial charge in [-0.15, -0.1) is 0 Å². The normalized spacial score (nSPS) is 17.0. The largest absolute Gasteiger partial charge is 0.355 e. The summed E-state index contributed by atoms with van der Waals surface area (Å²) in [6.45, 7) is 4.57. The van der Waals surface area contributed by atoms with E-state index in [-0.39, 0.29) is 29.7 Å². The molecule has 0 aliphatic carbocycles. The SMILES string of the molecule is CCC(C)c1ccccc1N1CC(C(=O)Nc2ccc(Cl)c(C(=O)NC)c2)CC1=O. The Hall–Kier alpha value is -2.86. The highest BCUT2D eigenvalue weighted by atomic mass is 35.5. The van der Waals surface area contributed by atoms with Gasteiger partial charge in [-0.05, 0) is 42.2 Å². The summed E-state index contributed by atoms with van der Waals surface area (Å²) in [5, 5.41) is 5.64. The van der Waals surface area contributed by atoms with Crippen LogP contribution in [0.1, 0.15) is 48.5 Å². The molecule has 0 aromatic heterocycles. The van der Waals surface area contributed by atoms with E-state index in [4.69, 9.17) is 11.6 Å². The number of hydrogen-bond acceptors (Lipinski definition) is 3. The van der Waals surface area contributed by atoms with Gasteiger partial charge in [-0.2, -0.15) is 0 Å². The third kappa shape index (κ3) is 4.49. The van der Waals surface area contributed by atoms with Gasteiger partial charge in [0.05, 0.1) is 16.5 Å². The highest BCUT2D eigenvalue weighted by Gasteiger charge is 2.36. The average Bonchev–Trinajstić information content (AvgIpc) is 3.15. The van der Waals surface area contributed by atoms with Crippen molar-refractivity contribution in [3.8, 4) is 0 Å².